The maximum atomic E-state index is 11.7. The van der Waals surface area contributed by atoms with Gasteiger partial charge in [-0.1, -0.05) is 0 Å². The molecular weight excluding hydrogens is 190 g/mol. The van der Waals surface area contributed by atoms with Crippen molar-refractivity contribution in [2.45, 2.75) is 33.2 Å². The van der Waals surface area contributed by atoms with Gasteiger partial charge in [0.1, 0.15) is 5.69 Å². The maximum Gasteiger partial charge on any atom is 0.355 e. The third-order valence-electron chi connectivity index (χ3n) is 2.79. The minimum Gasteiger partial charge on any atom is -0.461 e. The van der Waals surface area contributed by atoms with Gasteiger partial charge in [-0.05, 0) is 44.2 Å². The lowest BCUT2D eigenvalue weighted by Gasteiger charge is -2.08. The summed E-state index contributed by atoms with van der Waals surface area (Å²) >= 11 is 0. The highest BCUT2D eigenvalue weighted by molar-refractivity contribution is 5.89. The Hall–Kier alpha value is -1.25. The minimum absolute atomic E-state index is 0.194. The zero-order valence-electron chi connectivity index (χ0n) is 9.32. The van der Waals surface area contributed by atoms with Gasteiger partial charge in [0.2, 0.25) is 0 Å². The highest BCUT2D eigenvalue weighted by Gasteiger charge is 2.24. The molecular formula is C12H17NO2. The van der Waals surface area contributed by atoms with Gasteiger partial charge in [0.05, 0.1) is 6.61 Å². The second kappa shape index (κ2) is 4.09. The number of carbonyl (C=O) groups excluding carboxylic acids is 1. The van der Waals surface area contributed by atoms with E-state index in [2.05, 4.69) is 0 Å². The Balaban J connectivity index is 2.18. The summed E-state index contributed by atoms with van der Waals surface area (Å²) in [6.07, 6.45) is 4.57. The van der Waals surface area contributed by atoms with Gasteiger partial charge in [-0.2, -0.15) is 0 Å². The molecule has 0 saturated heterocycles. The molecule has 3 nitrogen and oxygen atoms in total. The minimum atomic E-state index is -0.194. The van der Waals surface area contributed by atoms with Gasteiger partial charge in [0, 0.05) is 12.7 Å². The van der Waals surface area contributed by atoms with E-state index in [0.29, 0.717) is 6.61 Å². The van der Waals surface area contributed by atoms with Crippen LogP contribution in [0.1, 0.15) is 35.8 Å². The highest BCUT2D eigenvalue weighted by atomic mass is 16.5. The van der Waals surface area contributed by atoms with E-state index < -0.39 is 0 Å². The van der Waals surface area contributed by atoms with E-state index in [-0.39, 0.29) is 5.97 Å². The number of aryl methyl sites for hydroxylation is 1. The molecule has 0 N–H and O–H groups in total. The molecule has 2 rings (SSSR count). The van der Waals surface area contributed by atoms with Crippen LogP contribution in [0.4, 0.5) is 0 Å². The third kappa shape index (κ3) is 2.22. The fraction of sp³-hybridized carbons (Fsp3) is 0.583. The van der Waals surface area contributed by atoms with Crippen LogP contribution in [0, 0.1) is 12.8 Å². The lowest BCUT2D eigenvalue weighted by atomic mass is 10.2. The molecule has 1 aliphatic carbocycles. The summed E-state index contributed by atoms with van der Waals surface area (Å²) < 4.78 is 7.08. The summed E-state index contributed by atoms with van der Waals surface area (Å²) in [5.41, 5.74) is 1.73. The van der Waals surface area contributed by atoms with Gasteiger partial charge in [0.25, 0.3) is 0 Å². The molecule has 1 saturated carbocycles. The van der Waals surface area contributed by atoms with Crippen molar-refractivity contribution in [1.29, 1.82) is 0 Å². The van der Waals surface area contributed by atoms with Crippen molar-refractivity contribution in [2.75, 3.05) is 6.61 Å². The first-order valence-corrected chi connectivity index (χ1v) is 5.55. The molecule has 1 heterocycles. The summed E-state index contributed by atoms with van der Waals surface area (Å²) in [5, 5.41) is 0. The highest BCUT2D eigenvalue weighted by Crippen LogP contribution is 2.31. The number of esters is 1. The molecule has 1 aliphatic rings. The predicted molar refractivity (Wildman–Crippen MR) is 57.8 cm³/mol. The van der Waals surface area contributed by atoms with Crippen molar-refractivity contribution >= 4 is 5.97 Å². The summed E-state index contributed by atoms with van der Waals surface area (Å²) in [5.74, 6) is 0.575. The average molecular weight is 207 g/mol. The largest absolute Gasteiger partial charge is 0.461 e. The lowest BCUT2D eigenvalue weighted by molar-refractivity contribution is 0.0512. The molecule has 0 spiro atoms. The topological polar surface area (TPSA) is 31.2 Å². The van der Waals surface area contributed by atoms with Crippen molar-refractivity contribution in [3.8, 4) is 0 Å². The molecule has 0 unspecified atom stereocenters. The number of hydrogen-bond donors (Lipinski definition) is 0. The predicted octanol–water partition coefficient (Wildman–Crippen LogP) is 2.38. The first kappa shape index (κ1) is 10.3. The first-order valence-electron chi connectivity index (χ1n) is 5.55. The lowest BCUT2D eigenvalue weighted by Crippen LogP contribution is -2.13. The van der Waals surface area contributed by atoms with E-state index in [9.17, 15) is 4.79 Å². The third-order valence-corrected chi connectivity index (χ3v) is 2.79. The molecule has 15 heavy (non-hydrogen) atoms. The van der Waals surface area contributed by atoms with E-state index in [4.69, 9.17) is 4.74 Å². The van der Waals surface area contributed by atoms with E-state index in [0.717, 1.165) is 23.7 Å². The van der Waals surface area contributed by atoms with Gasteiger partial charge in [-0.3, -0.25) is 0 Å². The second-order valence-electron chi connectivity index (χ2n) is 4.16. The summed E-state index contributed by atoms with van der Waals surface area (Å²) in [6, 6.07) is 1.98. The van der Waals surface area contributed by atoms with Gasteiger partial charge in [-0.15, -0.1) is 0 Å². The van der Waals surface area contributed by atoms with Crippen molar-refractivity contribution in [2.24, 2.45) is 5.92 Å². The van der Waals surface area contributed by atoms with Crippen LogP contribution in [0.25, 0.3) is 0 Å². The fourth-order valence-corrected chi connectivity index (χ4v) is 1.79. The van der Waals surface area contributed by atoms with Crippen LogP contribution in [-0.4, -0.2) is 17.1 Å². The van der Waals surface area contributed by atoms with Crippen molar-refractivity contribution in [3.05, 3.63) is 23.5 Å². The Labute approximate surface area is 90.0 Å². The molecule has 1 aromatic heterocycles. The standard InChI is InChI=1S/C12H17NO2/c1-3-15-12(14)11-9(2)6-7-13(11)8-10-4-5-10/h6-7,10H,3-5,8H2,1-2H3. The number of rotatable bonds is 4. The normalized spacial score (nSPS) is 15.3. The van der Waals surface area contributed by atoms with E-state index >= 15 is 0 Å². The van der Waals surface area contributed by atoms with E-state index in [1.807, 2.05) is 30.7 Å². The van der Waals surface area contributed by atoms with Gasteiger partial charge >= 0.3 is 5.97 Å². The maximum absolute atomic E-state index is 11.7. The monoisotopic (exact) mass is 207 g/mol. The number of aromatic nitrogens is 1. The van der Waals surface area contributed by atoms with Crippen LogP contribution in [-0.2, 0) is 11.3 Å². The fourth-order valence-electron chi connectivity index (χ4n) is 1.79. The van der Waals surface area contributed by atoms with Crippen LogP contribution in [0.15, 0.2) is 12.3 Å². The van der Waals surface area contributed by atoms with Gasteiger partial charge in [-0.25, -0.2) is 4.79 Å². The van der Waals surface area contributed by atoms with Crippen molar-refractivity contribution in [1.82, 2.24) is 4.57 Å². The summed E-state index contributed by atoms with van der Waals surface area (Å²) in [6.45, 7) is 5.19. The van der Waals surface area contributed by atoms with Crippen molar-refractivity contribution < 1.29 is 9.53 Å². The Kier molecular flexibility index (Phi) is 2.80. The molecule has 0 radical (unpaired) electrons. The second-order valence-corrected chi connectivity index (χ2v) is 4.16. The van der Waals surface area contributed by atoms with Crippen LogP contribution in [0.5, 0.6) is 0 Å². The molecule has 1 aromatic rings. The zero-order chi connectivity index (χ0) is 10.8. The van der Waals surface area contributed by atoms with Gasteiger partial charge < -0.3 is 9.30 Å². The number of nitrogens with zero attached hydrogens (tertiary/aromatic N) is 1. The molecule has 82 valence electrons. The molecule has 1 fully saturated rings. The van der Waals surface area contributed by atoms with Crippen LogP contribution in [0.3, 0.4) is 0 Å². The Bertz CT molecular complexity index is 364. The summed E-state index contributed by atoms with van der Waals surface area (Å²) in [4.78, 5) is 11.7. The molecule has 0 aliphatic heterocycles. The molecule has 0 atom stereocenters. The number of hydrogen-bond acceptors (Lipinski definition) is 2. The van der Waals surface area contributed by atoms with Crippen LogP contribution >= 0.6 is 0 Å². The number of carbonyl (C=O) groups is 1. The SMILES string of the molecule is CCOC(=O)c1c(C)ccn1CC1CC1. The van der Waals surface area contributed by atoms with Crippen LogP contribution in [0.2, 0.25) is 0 Å². The Morgan fingerprint density at radius 3 is 2.93 bits per heavy atom. The molecule has 3 heteroatoms. The zero-order valence-corrected chi connectivity index (χ0v) is 9.32. The molecule has 0 bridgehead atoms. The Morgan fingerprint density at radius 2 is 2.33 bits per heavy atom. The average Bonchev–Trinajstić information content (AvgIpc) is 2.91. The van der Waals surface area contributed by atoms with E-state index in [1.54, 1.807) is 0 Å². The smallest absolute Gasteiger partial charge is 0.355 e. The Morgan fingerprint density at radius 1 is 1.60 bits per heavy atom. The number of ether oxygens (including phenoxy) is 1. The van der Waals surface area contributed by atoms with E-state index in [1.165, 1.54) is 12.8 Å². The van der Waals surface area contributed by atoms with Crippen molar-refractivity contribution in [3.63, 3.8) is 0 Å². The first-order chi connectivity index (χ1) is 7.22. The molecule has 0 amide bonds. The van der Waals surface area contributed by atoms with Crippen LogP contribution < -0.4 is 0 Å². The molecule has 0 aromatic carbocycles. The van der Waals surface area contributed by atoms with Gasteiger partial charge in [0.15, 0.2) is 0 Å². The summed E-state index contributed by atoms with van der Waals surface area (Å²) in [7, 11) is 0. The quantitative estimate of drug-likeness (QED) is 0.710.